The molecule has 0 amide bonds. The Hall–Kier alpha value is -1.41. The predicted molar refractivity (Wildman–Crippen MR) is 75.5 cm³/mol. The summed E-state index contributed by atoms with van der Waals surface area (Å²) >= 11 is 12.2. The summed E-state index contributed by atoms with van der Waals surface area (Å²) in [5.74, 6) is 0.668. The monoisotopic (exact) mass is 298 g/mol. The topological polar surface area (TPSA) is 54.3 Å². The normalized spacial score (nSPS) is 17.5. The smallest absolute Gasteiger partial charge is 0.138 e. The lowest BCUT2D eigenvalue weighted by Gasteiger charge is -2.23. The van der Waals surface area contributed by atoms with Gasteiger partial charge in [-0.3, -0.25) is 0 Å². The first kappa shape index (κ1) is 14.0. The molecule has 1 N–H and O–H groups in total. The third kappa shape index (κ3) is 2.95. The number of methoxy groups -OCH3 is 1. The van der Waals surface area contributed by atoms with E-state index in [0.717, 1.165) is 5.69 Å². The van der Waals surface area contributed by atoms with Crippen molar-refractivity contribution in [3.63, 3.8) is 0 Å². The van der Waals surface area contributed by atoms with Crippen LogP contribution in [0.1, 0.15) is 5.56 Å². The second-order valence-electron chi connectivity index (χ2n) is 3.90. The van der Waals surface area contributed by atoms with Gasteiger partial charge in [0.05, 0.1) is 23.3 Å². The zero-order chi connectivity index (χ0) is 13.8. The number of nitrogens with zero attached hydrogens (tertiary/aromatic N) is 1. The van der Waals surface area contributed by atoms with Gasteiger partial charge in [0, 0.05) is 18.4 Å². The number of benzene rings is 1. The molecule has 4 nitrogen and oxygen atoms in total. The molecule has 1 heterocycles. The van der Waals surface area contributed by atoms with Crippen molar-refractivity contribution < 1.29 is 9.47 Å². The van der Waals surface area contributed by atoms with Gasteiger partial charge in [-0.1, -0.05) is 23.2 Å². The number of rotatable bonds is 4. The van der Waals surface area contributed by atoms with Crippen molar-refractivity contribution in [3.8, 4) is 11.8 Å². The first-order chi connectivity index (χ1) is 9.17. The first-order valence-corrected chi connectivity index (χ1v) is 6.45. The van der Waals surface area contributed by atoms with Crippen LogP contribution in [0.25, 0.3) is 5.03 Å². The van der Waals surface area contributed by atoms with Gasteiger partial charge in [0.1, 0.15) is 17.9 Å². The van der Waals surface area contributed by atoms with E-state index in [1.165, 1.54) is 0 Å². The van der Waals surface area contributed by atoms with E-state index in [0.29, 0.717) is 35.1 Å². The average Bonchev–Trinajstić information content (AvgIpc) is 2.40. The molecule has 1 aliphatic heterocycles. The number of nitriles is 1. The lowest BCUT2D eigenvalue weighted by molar-refractivity contribution is 0.146. The zero-order valence-electron chi connectivity index (χ0n) is 10.2. The number of alkyl halides is 1. The molecule has 0 saturated carbocycles. The maximum absolute atomic E-state index is 9.04. The van der Waals surface area contributed by atoms with E-state index in [1.54, 1.807) is 13.2 Å². The van der Waals surface area contributed by atoms with Gasteiger partial charge in [-0.15, -0.1) is 0 Å². The Labute approximate surface area is 121 Å². The highest BCUT2D eigenvalue weighted by Gasteiger charge is 2.24. The first-order valence-electron chi connectivity index (χ1n) is 5.64. The molecule has 0 spiro atoms. The lowest BCUT2D eigenvalue weighted by atomic mass is 10.0. The Morgan fingerprint density at radius 1 is 1.42 bits per heavy atom. The van der Waals surface area contributed by atoms with Crippen molar-refractivity contribution in [2.24, 2.45) is 0 Å². The molecule has 0 saturated heterocycles. The number of ether oxygens (including phenoxy) is 2. The van der Waals surface area contributed by atoms with Crippen LogP contribution in [0.2, 0.25) is 0 Å². The molecule has 1 atom stereocenters. The van der Waals surface area contributed by atoms with E-state index in [4.69, 9.17) is 37.9 Å². The van der Waals surface area contributed by atoms with Crippen molar-refractivity contribution >= 4 is 33.9 Å². The standard InChI is InChI=1S/C13H12Cl2N2O2/c1-18-4-5-19-8-2-3-11-9(6-8)12(14)10(7-16)13(15)17-11/h2-3,6,13,17H,4-5H2,1H3. The maximum Gasteiger partial charge on any atom is 0.138 e. The third-order valence-electron chi connectivity index (χ3n) is 2.68. The number of anilines is 1. The summed E-state index contributed by atoms with van der Waals surface area (Å²) in [6.45, 7) is 0.958. The maximum atomic E-state index is 9.04. The minimum atomic E-state index is -0.606. The third-order valence-corrected chi connectivity index (χ3v) is 3.41. The Morgan fingerprint density at radius 3 is 2.89 bits per heavy atom. The molecular weight excluding hydrogens is 287 g/mol. The highest BCUT2D eigenvalue weighted by molar-refractivity contribution is 6.51. The van der Waals surface area contributed by atoms with Crippen LogP contribution in [0.5, 0.6) is 5.75 Å². The van der Waals surface area contributed by atoms with Gasteiger partial charge in [0.25, 0.3) is 0 Å². The molecule has 1 aromatic rings. The second kappa shape index (κ2) is 6.16. The van der Waals surface area contributed by atoms with Crippen LogP contribution in [-0.4, -0.2) is 25.8 Å². The van der Waals surface area contributed by atoms with Gasteiger partial charge >= 0.3 is 0 Å². The molecule has 1 unspecified atom stereocenters. The molecule has 1 aliphatic rings. The summed E-state index contributed by atoms with van der Waals surface area (Å²) in [6, 6.07) is 7.42. The van der Waals surface area contributed by atoms with E-state index in [9.17, 15) is 0 Å². The van der Waals surface area contributed by atoms with Gasteiger partial charge < -0.3 is 14.8 Å². The Balaban J connectivity index is 2.29. The molecule has 0 radical (unpaired) electrons. The summed E-state index contributed by atoms with van der Waals surface area (Å²) in [5, 5.41) is 12.4. The zero-order valence-corrected chi connectivity index (χ0v) is 11.8. The van der Waals surface area contributed by atoms with E-state index in [-0.39, 0.29) is 0 Å². The van der Waals surface area contributed by atoms with Gasteiger partial charge in [-0.25, -0.2) is 0 Å². The number of hydrogen-bond acceptors (Lipinski definition) is 4. The molecule has 2 rings (SSSR count). The van der Waals surface area contributed by atoms with Gasteiger partial charge in [0.2, 0.25) is 0 Å². The highest BCUT2D eigenvalue weighted by Crippen LogP contribution is 2.39. The van der Waals surface area contributed by atoms with Crippen LogP contribution < -0.4 is 10.1 Å². The fourth-order valence-electron chi connectivity index (χ4n) is 1.73. The fraction of sp³-hybridized carbons (Fsp3) is 0.308. The molecule has 6 heteroatoms. The van der Waals surface area contributed by atoms with E-state index < -0.39 is 5.50 Å². The van der Waals surface area contributed by atoms with E-state index >= 15 is 0 Å². The Morgan fingerprint density at radius 2 is 2.21 bits per heavy atom. The van der Waals surface area contributed by atoms with E-state index in [2.05, 4.69) is 5.32 Å². The van der Waals surface area contributed by atoms with Crippen molar-refractivity contribution in [2.45, 2.75) is 5.50 Å². The molecule has 1 aromatic carbocycles. The van der Waals surface area contributed by atoms with E-state index in [1.807, 2.05) is 18.2 Å². The van der Waals surface area contributed by atoms with Crippen LogP contribution in [0.4, 0.5) is 5.69 Å². The minimum absolute atomic E-state index is 0.310. The molecule has 0 fully saturated rings. The summed E-state index contributed by atoms with van der Waals surface area (Å²) in [7, 11) is 1.61. The summed E-state index contributed by atoms with van der Waals surface area (Å²) < 4.78 is 10.4. The number of halogens is 2. The Bertz CT molecular complexity index is 552. The highest BCUT2D eigenvalue weighted by atomic mass is 35.5. The SMILES string of the molecule is COCCOc1ccc2c(c1)C(Cl)=C(C#N)C(Cl)N2. The minimum Gasteiger partial charge on any atom is -0.491 e. The van der Waals surface area contributed by atoms with Gasteiger partial charge in [0.15, 0.2) is 0 Å². The molecule has 0 aromatic heterocycles. The molecule has 100 valence electrons. The molecule has 19 heavy (non-hydrogen) atoms. The second-order valence-corrected chi connectivity index (χ2v) is 4.71. The van der Waals surface area contributed by atoms with Gasteiger partial charge in [-0.05, 0) is 18.2 Å². The largest absolute Gasteiger partial charge is 0.491 e. The predicted octanol–water partition coefficient (Wildman–Crippen LogP) is 3.18. The van der Waals surface area contributed by atoms with Crippen molar-refractivity contribution in [1.29, 1.82) is 5.26 Å². The molecule has 0 bridgehead atoms. The molecule has 0 aliphatic carbocycles. The average molecular weight is 299 g/mol. The van der Waals surface area contributed by atoms with Crippen LogP contribution >= 0.6 is 23.2 Å². The number of nitrogens with one attached hydrogen (secondary N) is 1. The number of fused-ring (bicyclic) bond motifs is 1. The Kier molecular flexibility index (Phi) is 4.54. The van der Waals surface area contributed by atoms with Crippen molar-refractivity contribution in [2.75, 3.05) is 25.6 Å². The van der Waals surface area contributed by atoms with Crippen LogP contribution in [0.3, 0.4) is 0 Å². The van der Waals surface area contributed by atoms with Crippen molar-refractivity contribution in [3.05, 3.63) is 29.3 Å². The summed E-state index contributed by atoms with van der Waals surface area (Å²) in [5.41, 5.74) is 1.20. The summed E-state index contributed by atoms with van der Waals surface area (Å²) in [6.07, 6.45) is 0. The number of hydrogen-bond donors (Lipinski definition) is 1. The summed E-state index contributed by atoms with van der Waals surface area (Å²) in [4.78, 5) is 0. The van der Waals surface area contributed by atoms with Crippen molar-refractivity contribution in [1.82, 2.24) is 0 Å². The van der Waals surface area contributed by atoms with Gasteiger partial charge in [-0.2, -0.15) is 5.26 Å². The quantitative estimate of drug-likeness (QED) is 0.527. The fourth-order valence-corrected chi connectivity index (χ4v) is 2.37. The van der Waals surface area contributed by atoms with Crippen LogP contribution in [0.15, 0.2) is 23.8 Å². The van der Waals surface area contributed by atoms with Crippen LogP contribution in [0, 0.1) is 11.3 Å². The lowest BCUT2D eigenvalue weighted by Crippen LogP contribution is -2.20. The molecular formula is C13H12Cl2N2O2. The van der Waals surface area contributed by atoms with Crippen LogP contribution in [-0.2, 0) is 4.74 Å².